The lowest BCUT2D eigenvalue weighted by molar-refractivity contribution is -0.132. The number of fused-ring (bicyclic) bond motifs is 2. The Morgan fingerprint density at radius 2 is 2.35 bits per heavy atom. The number of hydrogen-bond donors (Lipinski definition) is 2. The van der Waals surface area contributed by atoms with Crippen molar-refractivity contribution in [2.45, 2.75) is 24.9 Å². The number of anilines is 1. The van der Waals surface area contributed by atoms with Gasteiger partial charge in [0.25, 0.3) is 0 Å². The molecule has 2 saturated heterocycles. The van der Waals surface area contributed by atoms with Crippen LogP contribution in [0.2, 0.25) is 0 Å². The summed E-state index contributed by atoms with van der Waals surface area (Å²) in [5, 5.41) is 3.23. The van der Waals surface area contributed by atoms with E-state index in [9.17, 15) is 4.79 Å². The van der Waals surface area contributed by atoms with Crippen LogP contribution in [-0.2, 0) is 11.2 Å². The van der Waals surface area contributed by atoms with Gasteiger partial charge in [0.15, 0.2) is 0 Å². The number of amides is 1. The van der Waals surface area contributed by atoms with Crippen LogP contribution in [-0.4, -0.2) is 36.0 Å². The molecule has 17 heavy (non-hydrogen) atoms. The Kier molecular flexibility index (Phi) is 2.52. The number of likely N-dealkylation sites (tertiary alicyclic amines) is 1. The molecule has 1 amide bonds. The topological polar surface area (TPSA) is 58.4 Å². The highest BCUT2D eigenvalue weighted by Crippen LogP contribution is 2.24. The summed E-state index contributed by atoms with van der Waals surface area (Å²) < 4.78 is 0. The van der Waals surface area contributed by atoms with Gasteiger partial charge >= 0.3 is 0 Å². The van der Waals surface area contributed by atoms with E-state index in [0.717, 1.165) is 31.6 Å². The zero-order valence-electron chi connectivity index (χ0n) is 9.73. The van der Waals surface area contributed by atoms with E-state index in [0.29, 0.717) is 6.04 Å². The van der Waals surface area contributed by atoms with E-state index in [1.165, 1.54) is 5.56 Å². The standard InChI is InChI=1S/C13H17N3O/c14-10-3-1-2-9(6-10)4-5-16-11-7-12(13(16)17)15-8-11/h1-3,6,11-12,15H,4-5,7-8,14H2. The maximum atomic E-state index is 11.9. The number of nitrogens with zero attached hydrogens (tertiary/aromatic N) is 1. The molecule has 2 aliphatic rings. The van der Waals surface area contributed by atoms with Crippen LogP contribution < -0.4 is 11.1 Å². The Morgan fingerprint density at radius 1 is 1.47 bits per heavy atom. The molecule has 1 aromatic carbocycles. The maximum absolute atomic E-state index is 11.9. The van der Waals surface area contributed by atoms with Gasteiger partial charge in [0.05, 0.1) is 6.04 Å². The summed E-state index contributed by atoms with van der Waals surface area (Å²) in [5.74, 6) is 0.269. The number of hydrogen-bond acceptors (Lipinski definition) is 3. The van der Waals surface area contributed by atoms with E-state index in [1.807, 2.05) is 23.1 Å². The largest absolute Gasteiger partial charge is 0.399 e. The van der Waals surface area contributed by atoms with Crippen molar-refractivity contribution in [1.82, 2.24) is 10.2 Å². The van der Waals surface area contributed by atoms with Crippen molar-refractivity contribution in [1.29, 1.82) is 0 Å². The highest BCUT2D eigenvalue weighted by Gasteiger charge is 2.43. The number of nitrogens with two attached hydrogens (primary N) is 1. The van der Waals surface area contributed by atoms with Crippen LogP contribution in [0.25, 0.3) is 0 Å². The molecule has 2 unspecified atom stereocenters. The predicted octanol–water partition coefficient (Wildman–Crippen LogP) is 0.384. The average molecular weight is 231 g/mol. The van der Waals surface area contributed by atoms with Crippen LogP contribution >= 0.6 is 0 Å². The number of piperazine rings is 1. The fraction of sp³-hybridized carbons (Fsp3) is 0.462. The Bertz CT molecular complexity index is 446. The molecule has 0 radical (unpaired) electrons. The molecule has 1 aromatic rings. The molecule has 0 saturated carbocycles. The Hall–Kier alpha value is -1.55. The molecule has 0 spiro atoms. The molecule has 0 aromatic heterocycles. The minimum Gasteiger partial charge on any atom is -0.399 e. The fourth-order valence-electron chi connectivity index (χ4n) is 2.81. The van der Waals surface area contributed by atoms with Crippen LogP contribution in [0.4, 0.5) is 5.69 Å². The summed E-state index contributed by atoms with van der Waals surface area (Å²) in [5.41, 5.74) is 7.73. The third-order valence-electron chi connectivity index (χ3n) is 3.72. The van der Waals surface area contributed by atoms with Crippen molar-refractivity contribution in [2.75, 3.05) is 18.8 Å². The molecule has 2 bridgehead atoms. The second-order valence-corrected chi connectivity index (χ2v) is 4.88. The van der Waals surface area contributed by atoms with E-state index in [-0.39, 0.29) is 11.9 Å². The molecule has 4 heteroatoms. The summed E-state index contributed by atoms with van der Waals surface area (Å²) >= 11 is 0. The van der Waals surface area contributed by atoms with Gasteiger partial charge in [-0.2, -0.15) is 0 Å². The Balaban J connectivity index is 1.63. The maximum Gasteiger partial charge on any atom is 0.240 e. The first-order valence-electron chi connectivity index (χ1n) is 6.12. The monoisotopic (exact) mass is 231 g/mol. The first-order valence-corrected chi connectivity index (χ1v) is 6.12. The number of nitrogens with one attached hydrogen (secondary N) is 1. The molecule has 2 atom stereocenters. The summed E-state index contributed by atoms with van der Waals surface area (Å²) in [4.78, 5) is 13.9. The third-order valence-corrected chi connectivity index (χ3v) is 3.72. The van der Waals surface area contributed by atoms with Gasteiger partial charge in [-0.1, -0.05) is 12.1 Å². The number of benzene rings is 1. The van der Waals surface area contributed by atoms with Gasteiger partial charge in [-0.25, -0.2) is 0 Å². The summed E-state index contributed by atoms with van der Waals surface area (Å²) in [6.45, 7) is 1.76. The van der Waals surface area contributed by atoms with E-state index < -0.39 is 0 Å². The van der Waals surface area contributed by atoms with Crippen LogP contribution in [0.5, 0.6) is 0 Å². The highest BCUT2D eigenvalue weighted by molar-refractivity contribution is 5.85. The van der Waals surface area contributed by atoms with Crippen LogP contribution in [0, 0.1) is 0 Å². The first kappa shape index (κ1) is 10.6. The minimum atomic E-state index is 0.0841. The summed E-state index contributed by atoms with van der Waals surface area (Å²) in [6.07, 6.45) is 1.87. The van der Waals surface area contributed by atoms with Gasteiger partial charge in [-0.15, -0.1) is 0 Å². The molecule has 3 rings (SSSR count). The van der Waals surface area contributed by atoms with E-state index >= 15 is 0 Å². The van der Waals surface area contributed by atoms with E-state index in [4.69, 9.17) is 5.73 Å². The van der Waals surface area contributed by atoms with Crippen molar-refractivity contribution in [3.05, 3.63) is 29.8 Å². The predicted molar refractivity (Wildman–Crippen MR) is 66.5 cm³/mol. The van der Waals surface area contributed by atoms with Gasteiger partial charge < -0.3 is 16.0 Å². The molecule has 2 heterocycles. The van der Waals surface area contributed by atoms with Crippen LogP contribution in [0.1, 0.15) is 12.0 Å². The molecular formula is C13H17N3O. The minimum absolute atomic E-state index is 0.0841. The third kappa shape index (κ3) is 1.89. The van der Waals surface area contributed by atoms with Gasteiger partial charge in [-0.05, 0) is 30.5 Å². The summed E-state index contributed by atoms with van der Waals surface area (Å²) in [6, 6.07) is 8.39. The van der Waals surface area contributed by atoms with Crippen molar-refractivity contribution in [3.63, 3.8) is 0 Å². The van der Waals surface area contributed by atoms with Crippen molar-refractivity contribution in [2.24, 2.45) is 0 Å². The van der Waals surface area contributed by atoms with Crippen LogP contribution in [0.3, 0.4) is 0 Å². The lowest BCUT2D eigenvalue weighted by atomic mass is 10.1. The lowest BCUT2D eigenvalue weighted by Crippen LogP contribution is -2.48. The second-order valence-electron chi connectivity index (χ2n) is 4.88. The smallest absolute Gasteiger partial charge is 0.240 e. The van der Waals surface area contributed by atoms with Gasteiger partial charge in [-0.3, -0.25) is 4.79 Å². The molecular weight excluding hydrogens is 214 g/mol. The molecule has 90 valence electrons. The fourth-order valence-corrected chi connectivity index (χ4v) is 2.81. The van der Waals surface area contributed by atoms with Gasteiger partial charge in [0.1, 0.15) is 0 Å². The highest BCUT2D eigenvalue weighted by atomic mass is 16.2. The number of rotatable bonds is 3. The number of carbonyl (C=O) groups is 1. The van der Waals surface area contributed by atoms with E-state index in [2.05, 4.69) is 11.4 Å². The molecule has 2 aliphatic heterocycles. The van der Waals surface area contributed by atoms with Gasteiger partial charge in [0, 0.05) is 24.8 Å². The molecule has 2 fully saturated rings. The second kappa shape index (κ2) is 4.04. The SMILES string of the molecule is Nc1cccc(CCN2C(=O)C3CC2CN3)c1. The van der Waals surface area contributed by atoms with Gasteiger partial charge in [0.2, 0.25) is 5.91 Å². The number of carbonyl (C=O) groups excluding carboxylic acids is 1. The molecule has 0 aliphatic carbocycles. The zero-order valence-corrected chi connectivity index (χ0v) is 9.73. The number of nitrogen functional groups attached to an aromatic ring is 1. The van der Waals surface area contributed by atoms with Crippen LogP contribution in [0.15, 0.2) is 24.3 Å². The first-order chi connectivity index (χ1) is 8.24. The molecule has 4 nitrogen and oxygen atoms in total. The normalized spacial score (nSPS) is 26.8. The zero-order chi connectivity index (χ0) is 11.8. The molecule has 3 N–H and O–H groups in total. The van der Waals surface area contributed by atoms with E-state index in [1.54, 1.807) is 0 Å². The quantitative estimate of drug-likeness (QED) is 0.740. The van der Waals surface area contributed by atoms with Crippen molar-refractivity contribution in [3.8, 4) is 0 Å². The van der Waals surface area contributed by atoms with Crippen molar-refractivity contribution >= 4 is 11.6 Å². The Labute approximate surface area is 101 Å². The Morgan fingerprint density at radius 3 is 3.06 bits per heavy atom. The average Bonchev–Trinajstić information content (AvgIpc) is 2.88. The summed E-state index contributed by atoms with van der Waals surface area (Å²) in [7, 11) is 0. The van der Waals surface area contributed by atoms with Crippen molar-refractivity contribution < 1.29 is 4.79 Å². The lowest BCUT2D eigenvalue weighted by Gasteiger charge is -2.27.